The maximum absolute atomic E-state index is 12.2. The monoisotopic (exact) mass is 350 g/mol. The molecule has 134 valence electrons. The van der Waals surface area contributed by atoms with Crippen molar-refractivity contribution in [3.05, 3.63) is 53.6 Å². The molecule has 0 atom stereocenters. The zero-order chi connectivity index (χ0) is 19.1. The normalized spacial score (nSPS) is 9.92. The molecule has 6 heteroatoms. The van der Waals surface area contributed by atoms with E-state index in [2.05, 4.69) is 29.4 Å². The zero-order valence-electron chi connectivity index (χ0n) is 15.2. The summed E-state index contributed by atoms with van der Waals surface area (Å²) in [5, 5.41) is 14.0. The summed E-state index contributed by atoms with van der Waals surface area (Å²) in [4.78, 5) is 26.4. The van der Waals surface area contributed by atoms with Crippen LogP contribution in [-0.2, 0) is 9.59 Å². The maximum Gasteiger partial charge on any atom is 0.314 e. The van der Waals surface area contributed by atoms with Crippen molar-refractivity contribution in [3.63, 3.8) is 0 Å². The molecule has 26 heavy (non-hydrogen) atoms. The Labute approximate surface area is 153 Å². The summed E-state index contributed by atoms with van der Waals surface area (Å²) < 4.78 is 0. The van der Waals surface area contributed by atoms with Crippen LogP contribution in [0.2, 0.25) is 0 Å². The number of hydrogen-bond donors (Lipinski definition) is 2. The predicted molar refractivity (Wildman–Crippen MR) is 103 cm³/mol. The van der Waals surface area contributed by atoms with Gasteiger partial charge in [0.2, 0.25) is 0 Å². The van der Waals surface area contributed by atoms with Crippen molar-refractivity contribution in [1.29, 1.82) is 5.26 Å². The van der Waals surface area contributed by atoms with Crippen LogP contribution in [-0.4, -0.2) is 24.9 Å². The van der Waals surface area contributed by atoms with Gasteiger partial charge in [-0.3, -0.25) is 9.59 Å². The molecule has 2 rings (SSSR count). The summed E-state index contributed by atoms with van der Waals surface area (Å²) >= 11 is 0. The zero-order valence-corrected chi connectivity index (χ0v) is 15.2. The SMILES string of the molecule is CCN(CC)c1ccc(NC(=O)C(=O)Nc2cccc(C#N)c2)c(C)c1. The lowest BCUT2D eigenvalue weighted by Gasteiger charge is -2.22. The van der Waals surface area contributed by atoms with Gasteiger partial charge in [0.15, 0.2) is 0 Å². The van der Waals surface area contributed by atoms with Crippen LogP contribution in [0, 0.1) is 18.3 Å². The number of aryl methyl sites for hydroxylation is 1. The van der Waals surface area contributed by atoms with E-state index in [1.807, 2.05) is 25.1 Å². The lowest BCUT2D eigenvalue weighted by Crippen LogP contribution is -2.29. The maximum atomic E-state index is 12.2. The topological polar surface area (TPSA) is 85.2 Å². The van der Waals surface area contributed by atoms with E-state index in [0.29, 0.717) is 16.9 Å². The van der Waals surface area contributed by atoms with Crippen molar-refractivity contribution in [2.24, 2.45) is 0 Å². The Kier molecular flexibility index (Phi) is 6.34. The van der Waals surface area contributed by atoms with Crippen molar-refractivity contribution in [3.8, 4) is 6.07 Å². The number of benzene rings is 2. The van der Waals surface area contributed by atoms with E-state index in [4.69, 9.17) is 5.26 Å². The second kappa shape index (κ2) is 8.67. The molecule has 0 saturated heterocycles. The minimum Gasteiger partial charge on any atom is -0.372 e. The molecule has 0 unspecified atom stereocenters. The van der Waals surface area contributed by atoms with Gasteiger partial charge in [-0.25, -0.2) is 0 Å². The van der Waals surface area contributed by atoms with Gasteiger partial charge in [-0.2, -0.15) is 5.26 Å². The number of carbonyl (C=O) groups is 2. The van der Waals surface area contributed by atoms with Gasteiger partial charge in [0.25, 0.3) is 0 Å². The van der Waals surface area contributed by atoms with Crippen molar-refractivity contribution < 1.29 is 9.59 Å². The molecular formula is C20H22N4O2. The van der Waals surface area contributed by atoms with Crippen LogP contribution in [0.15, 0.2) is 42.5 Å². The number of nitrogens with zero attached hydrogens (tertiary/aromatic N) is 2. The van der Waals surface area contributed by atoms with Crippen molar-refractivity contribution in [1.82, 2.24) is 0 Å². The van der Waals surface area contributed by atoms with Crippen LogP contribution in [0.5, 0.6) is 0 Å². The summed E-state index contributed by atoms with van der Waals surface area (Å²) in [5.74, 6) is -1.54. The summed E-state index contributed by atoms with van der Waals surface area (Å²) in [6.45, 7) is 7.84. The average Bonchev–Trinajstić information content (AvgIpc) is 2.64. The van der Waals surface area contributed by atoms with E-state index in [1.165, 1.54) is 6.07 Å². The molecule has 2 aromatic carbocycles. The van der Waals surface area contributed by atoms with E-state index < -0.39 is 11.8 Å². The van der Waals surface area contributed by atoms with Crippen molar-refractivity contribution >= 4 is 28.9 Å². The highest BCUT2D eigenvalue weighted by molar-refractivity contribution is 6.43. The smallest absolute Gasteiger partial charge is 0.314 e. The second-order valence-electron chi connectivity index (χ2n) is 5.77. The first-order valence-electron chi connectivity index (χ1n) is 8.46. The van der Waals surface area contributed by atoms with Crippen LogP contribution in [0.25, 0.3) is 0 Å². The van der Waals surface area contributed by atoms with Gasteiger partial charge in [-0.1, -0.05) is 6.07 Å². The fourth-order valence-corrected chi connectivity index (χ4v) is 2.61. The first-order chi connectivity index (χ1) is 12.5. The molecule has 0 aliphatic heterocycles. The minimum atomic E-state index is -0.785. The molecule has 0 aromatic heterocycles. The molecule has 0 saturated carbocycles. The van der Waals surface area contributed by atoms with Gasteiger partial charge in [-0.05, 0) is 62.7 Å². The third-order valence-corrected chi connectivity index (χ3v) is 4.04. The Hall–Kier alpha value is -3.33. The first kappa shape index (κ1) is 19.0. The molecule has 0 heterocycles. The van der Waals surface area contributed by atoms with Gasteiger partial charge >= 0.3 is 11.8 Å². The number of anilines is 3. The fraction of sp³-hybridized carbons (Fsp3) is 0.250. The van der Waals surface area contributed by atoms with E-state index in [-0.39, 0.29) is 0 Å². The summed E-state index contributed by atoms with van der Waals surface area (Å²) in [5.41, 5.74) is 3.35. The third kappa shape index (κ3) is 4.61. The highest BCUT2D eigenvalue weighted by atomic mass is 16.2. The molecule has 6 nitrogen and oxygen atoms in total. The number of rotatable bonds is 5. The quantitative estimate of drug-likeness (QED) is 0.810. The van der Waals surface area contributed by atoms with Crippen molar-refractivity contribution in [2.75, 3.05) is 28.6 Å². The van der Waals surface area contributed by atoms with E-state index in [1.54, 1.807) is 24.3 Å². The predicted octanol–water partition coefficient (Wildman–Crippen LogP) is 3.29. The molecule has 0 bridgehead atoms. The molecule has 0 aliphatic carbocycles. The summed E-state index contributed by atoms with van der Waals surface area (Å²) in [7, 11) is 0. The lowest BCUT2D eigenvalue weighted by atomic mass is 10.1. The van der Waals surface area contributed by atoms with Gasteiger partial charge < -0.3 is 15.5 Å². The van der Waals surface area contributed by atoms with E-state index in [9.17, 15) is 9.59 Å². The largest absolute Gasteiger partial charge is 0.372 e. The van der Waals surface area contributed by atoms with Crippen LogP contribution in [0.1, 0.15) is 25.0 Å². The van der Waals surface area contributed by atoms with Gasteiger partial charge in [-0.15, -0.1) is 0 Å². The second-order valence-corrected chi connectivity index (χ2v) is 5.77. The molecule has 0 aliphatic rings. The molecule has 0 fully saturated rings. The van der Waals surface area contributed by atoms with Crippen LogP contribution >= 0.6 is 0 Å². The van der Waals surface area contributed by atoms with Crippen molar-refractivity contribution in [2.45, 2.75) is 20.8 Å². The van der Waals surface area contributed by atoms with E-state index >= 15 is 0 Å². The van der Waals surface area contributed by atoms with Crippen LogP contribution in [0.4, 0.5) is 17.1 Å². The van der Waals surface area contributed by atoms with Crippen LogP contribution in [0.3, 0.4) is 0 Å². The number of nitrogens with one attached hydrogen (secondary N) is 2. The Morgan fingerprint density at radius 1 is 1.04 bits per heavy atom. The molecule has 2 aromatic rings. The fourth-order valence-electron chi connectivity index (χ4n) is 2.61. The standard InChI is InChI=1S/C20H22N4O2/c1-4-24(5-2)17-9-10-18(14(3)11-17)23-20(26)19(25)22-16-8-6-7-15(12-16)13-21/h6-12H,4-5H2,1-3H3,(H,22,25)(H,23,26). The highest BCUT2D eigenvalue weighted by Gasteiger charge is 2.15. The van der Waals surface area contributed by atoms with Crippen LogP contribution < -0.4 is 15.5 Å². The summed E-state index contributed by atoms with van der Waals surface area (Å²) in [6, 6.07) is 14.1. The molecule has 2 N–H and O–H groups in total. The summed E-state index contributed by atoms with van der Waals surface area (Å²) in [6.07, 6.45) is 0. The molecular weight excluding hydrogens is 328 g/mol. The molecule has 2 amide bonds. The minimum absolute atomic E-state index is 0.401. The number of nitriles is 1. The number of hydrogen-bond acceptors (Lipinski definition) is 4. The lowest BCUT2D eigenvalue weighted by molar-refractivity contribution is -0.133. The Bertz CT molecular complexity index is 851. The van der Waals surface area contributed by atoms with Gasteiger partial charge in [0.1, 0.15) is 0 Å². The molecule has 0 spiro atoms. The third-order valence-electron chi connectivity index (χ3n) is 4.04. The molecule has 0 radical (unpaired) electrons. The Morgan fingerprint density at radius 3 is 2.35 bits per heavy atom. The number of carbonyl (C=O) groups excluding carboxylic acids is 2. The Balaban J connectivity index is 2.06. The average molecular weight is 350 g/mol. The van der Waals surface area contributed by atoms with Gasteiger partial charge in [0, 0.05) is 30.2 Å². The Morgan fingerprint density at radius 2 is 1.73 bits per heavy atom. The van der Waals surface area contributed by atoms with E-state index in [0.717, 1.165) is 24.3 Å². The number of amides is 2. The highest BCUT2D eigenvalue weighted by Crippen LogP contribution is 2.22. The first-order valence-corrected chi connectivity index (χ1v) is 8.46. The van der Waals surface area contributed by atoms with Gasteiger partial charge in [0.05, 0.1) is 11.6 Å².